The SMILES string of the molecule is Cc1ccc(Br)cc1C(=O)CC(C)N. The second-order valence-corrected chi connectivity index (χ2v) is 4.48. The van der Waals surface area contributed by atoms with Crippen molar-refractivity contribution in [3.63, 3.8) is 0 Å². The van der Waals surface area contributed by atoms with Gasteiger partial charge in [-0.2, -0.15) is 0 Å². The molecule has 0 aliphatic carbocycles. The Morgan fingerprint density at radius 2 is 2.21 bits per heavy atom. The number of hydrogen-bond acceptors (Lipinski definition) is 2. The first-order valence-corrected chi connectivity index (χ1v) is 5.35. The highest BCUT2D eigenvalue weighted by atomic mass is 79.9. The predicted octanol–water partition coefficient (Wildman–Crippen LogP) is 2.68. The van der Waals surface area contributed by atoms with Gasteiger partial charge in [-0.3, -0.25) is 4.79 Å². The van der Waals surface area contributed by atoms with Crippen molar-refractivity contribution in [3.05, 3.63) is 33.8 Å². The third-order valence-corrected chi connectivity index (χ3v) is 2.50. The van der Waals surface area contributed by atoms with E-state index < -0.39 is 0 Å². The number of rotatable bonds is 3. The van der Waals surface area contributed by atoms with Crippen LogP contribution in [-0.2, 0) is 0 Å². The van der Waals surface area contributed by atoms with Gasteiger partial charge < -0.3 is 5.73 Å². The number of carbonyl (C=O) groups excluding carboxylic acids is 1. The maximum atomic E-state index is 11.7. The van der Waals surface area contributed by atoms with Crippen molar-refractivity contribution >= 4 is 21.7 Å². The van der Waals surface area contributed by atoms with E-state index in [2.05, 4.69) is 15.9 Å². The largest absolute Gasteiger partial charge is 0.328 e. The average molecular weight is 256 g/mol. The third kappa shape index (κ3) is 2.93. The fourth-order valence-electron chi connectivity index (χ4n) is 1.30. The van der Waals surface area contributed by atoms with E-state index in [1.54, 1.807) is 0 Å². The molecule has 2 N–H and O–H groups in total. The molecule has 1 aromatic carbocycles. The van der Waals surface area contributed by atoms with Crippen LogP contribution < -0.4 is 5.73 Å². The summed E-state index contributed by atoms with van der Waals surface area (Å²) in [5.41, 5.74) is 7.35. The van der Waals surface area contributed by atoms with Crippen LogP contribution in [0.15, 0.2) is 22.7 Å². The van der Waals surface area contributed by atoms with Crippen molar-refractivity contribution in [3.8, 4) is 0 Å². The zero-order valence-electron chi connectivity index (χ0n) is 8.38. The van der Waals surface area contributed by atoms with Crippen LogP contribution in [0.5, 0.6) is 0 Å². The van der Waals surface area contributed by atoms with Gasteiger partial charge in [0.25, 0.3) is 0 Å². The molecule has 1 aromatic rings. The lowest BCUT2D eigenvalue weighted by atomic mass is 10.0. The summed E-state index contributed by atoms with van der Waals surface area (Å²) in [6, 6.07) is 5.62. The van der Waals surface area contributed by atoms with E-state index in [1.807, 2.05) is 32.0 Å². The first-order chi connectivity index (χ1) is 6.50. The minimum Gasteiger partial charge on any atom is -0.328 e. The summed E-state index contributed by atoms with van der Waals surface area (Å²) in [7, 11) is 0. The van der Waals surface area contributed by atoms with Gasteiger partial charge in [-0.05, 0) is 31.5 Å². The molecule has 0 saturated carbocycles. The molecule has 1 rings (SSSR count). The van der Waals surface area contributed by atoms with Crippen LogP contribution in [-0.4, -0.2) is 11.8 Å². The Hall–Kier alpha value is -0.670. The highest BCUT2D eigenvalue weighted by molar-refractivity contribution is 9.10. The number of Topliss-reactive ketones (excluding diaryl/α,β-unsaturated/α-hetero) is 1. The van der Waals surface area contributed by atoms with Crippen molar-refractivity contribution in [2.24, 2.45) is 5.73 Å². The number of benzene rings is 1. The van der Waals surface area contributed by atoms with Gasteiger partial charge >= 0.3 is 0 Å². The zero-order chi connectivity index (χ0) is 10.7. The molecule has 0 aromatic heterocycles. The van der Waals surface area contributed by atoms with E-state index in [1.165, 1.54) is 0 Å². The summed E-state index contributed by atoms with van der Waals surface area (Å²) in [6.07, 6.45) is 0.400. The Bertz CT molecular complexity index is 347. The first kappa shape index (κ1) is 11.4. The molecule has 1 unspecified atom stereocenters. The topological polar surface area (TPSA) is 43.1 Å². The van der Waals surface area contributed by atoms with Crippen LogP contribution in [0.4, 0.5) is 0 Å². The lowest BCUT2D eigenvalue weighted by Gasteiger charge is -2.07. The Labute approximate surface area is 92.6 Å². The fraction of sp³-hybridized carbons (Fsp3) is 0.364. The van der Waals surface area contributed by atoms with Gasteiger partial charge in [0.15, 0.2) is 5.78 Å². The van der Waals surface area contributed by atoms with E-state index >= 15 is 0 Å². The minimum absolute atomic E-state index is 0.0825. The fourth-order valence-corrected chi connectivity index (χ4v) is 1.66. The summed E-state index contributed by atoms with van der Waals surface area (Å²) in [6.45, 7) is 3.77. The van der Waals surface area contributed by atoms with Gasteiger partial charge in [0.05, 0.1) is 0 Å². The van der Waals surface area contributed by atoms with Gasteiger partial charge in [-0.15, -0.1) is 0 Å². The van der Waals surface area contributed by atoms with Gasteiger partial charge in [0.1, 0.15) is 0 Å². The molecular formula is C11H14BrNO. The van der Waals surface area contributed by atoms with Crippen LogP contribution in [0.1, 0.15) is 29.3 Å². The summed E-state index contributed by atoms with van der Waals surface area (Å²) in [5, 5.41) is 0. The smallest absolute Gasteiger partial charge is 0.164 e. The summed E-state index contributed by atoms with van der Waals surface area (Å²) >= 11 is 3.35. The molecule has 76 valence electrons. The Morgan fingerprint density at radius 1 is 1.57 bits per heavy atom. The maximum absolute atomic E-state index is 11.7. The van der Waals surface area contributed by atoms with E-state index in [-0.39, 0.29) is 11.8 Å². The van der Waals surface area contributed by atoms with Crippen molar-refractivity contribution in [2.75, 3.05) is 0 Å². The van der Waals surface area contributed by atoms with Crippen LogP contribution in [0.2, 0.25) is 0 Å². The molecule has 0 spiro atoms. The monoisotopic (exact) mass is 255 g/mol. The van der Waals surface area contributed by atoms with E-state index in [4.69, 9.17) is 5.73 Å². The molecule has 1 atom stereocenters. The van der Waals surface area contributed by atoms with Crippen LogP contribution in [0.25, 0.3) is 0 Å². The molecule has 2 nitrogen and oxygen atoms in total. The van der Waals surface area contributed by atoms with Gasteiger partial charge in [-0.25, -0.2) is 0 Å². The molecule has 0 heterocycles. The number of ketones is 1. The van der Waals surface area contributed by atoms with Gasteiger partial charge in [-0.1, -0.05) is 22.0 Å². The molecule has 0 radical (unpaired) electrons. The predicted molar refractivity (Wildman–Crippen MR) is 61.5 cm³/mol. The lowest BCUT2D eigenvalue weighted by molar-refractivity contribution is 0.0976. The van der Waals surface area contributed by atoms with Crippen molar-refractivity contribution in [1.29, 1.82) is 0 Å². The van der Waals surface area contributed by atoms with E-state index in [0.29, 0.717) is 6.42 Å². The van der Waals surface area contributed by atoms with Gasteiger partial charge in [0.2, 0.25) is 0 Å². The summed E-state index contributed by atoms with van der Waals surface area (Å²) < 4.78 is 0.927. The molecular weight excluding hydrogens is 242 g/mol. The number of carbonyl (C=O) groups is 1. The standard InChI is InChI=1S/C11H14BrNO/c1-7-3-4-9(12)6-10(7)11(14)5-8(2)13/h3-4,6,8H,5,13H2,1-2H3. The quantitative estimate of drug-likeness (QED) is 0.845. The number of nitrogens with two attached hydrogens (primary N) is 1. The Morgan fingerprint density at radius 3 is 2.79 bits per heavy atom. The highest BCUT2D eigenvalue weighted by Gasteiger charge is 2.11. The minimum atomic E-state index is -0.0825. The third-order valence-electron chi connectivity index (χ3n) is 2.01. The van der Waals surface area contributed by atoms with Gasteiger partial charge in [0, 0.05) is 22.5 Å². The van der Waals surface area contributed by atoms with Crippen LogP contribution in [0, 0.1) is 6.92 Å². The average Bonchev–Trinajstić information content (AvgIpc) is 2.08. The number of hydrogen-bond donors (Lipinski definition) is 1. The molecule has 0 fully saturated rings. The van der Waals surface area contributed by atoms with Crippen LogP contribution >= 0.6 is 15.9 Å². The van der Waals surface area contributed by atoms with E-state index in [9.17, 15) is 4.79 Å². The zero-order valence-corrected chi connectivity index (χ0v) is 9.97. The highest BCUT2D eigenvalue weighted by Crippen LogP contribution is 2.17. The number of aryl methyl sites for hydroxylation is 1. The van der Waals surface area contributed by atoms with Crippen molar-refractivity contribution in [2.45, 2.75) is 26.3 Å². The van der Waals surface area contributed by atoms with Crippen molar-refractivity contribution < 1.29 is 4.79 Å². The molecule has 0 aliphatic heterocycles. The lowest BCUT2D eigenvalue weighted by Crippen LogP contribution is -2.20. The molecule has 3 heteroatoms. The molecule has 14 heavy (non-hydrogen) atoms. The summed E-state index contributed by atoms with van der Waals surface area (Å²) in [5.74, 6) is 0.110. The Balaban J connectivity index is 2.94. The Kier molecular flexibility index (Phi) is 3.84. The second-order valence-electron chi connectivity index (χ2n) is 3.56. The molecule has 0 saturated heterocycles. The molecule has 0 bridgehead atoms. The van der Waals surface area contributed by atoms with Crippen molar-refractivity contribution in [1.82, 2.24) is 0 Å². The number of halogens is 1. The van der Waals surface area contributed by atoms with Crippen LogP contribution in [0.3, 0.4) is 0 Å². The first-order valence-electron chi connectivity index (χ1n) is 4.55. The summed E-state index contributed by atoms with van der Waals surface area (Å²) in [4.78, 5) is 11.7. The molecule has 0 aliphatic rings. The second kappa shape index (κ2) is 4.71. The van der Waals surface area contributed by atoms with E-state index in [0.717, 1.165) is 15.6 Å². The molecule has 0 amide bonds. The normalized spacial score (nSPS) is 12.6. The maximum Gasteiger partial charge on any atom is 0.164 e.